The van der Waals surface area contributed by atoms with Crippen LogP contribution in [0.25, 0.3) is 10.4 Å². The van der Waals surface area contributed by atoms with Gasteiger partial charge in [0.1, 0.15) is 6.23 Å². The van der Waals surface area contributed by atoms with Gasteiger partial charge in [0.15, 0.2) is 5.72 Å². The first-order valence-electron chi connectivity index (χ1n) is 5.90. The fraction of sp³-hybridized carbons (Fsp3) is 0.600. The number of aromatic nitrogens is 2. The van der Waals surface area contributed by atoms with Gasteiger partial charge in [-0.05, 0) is 5.53 Å². The first kappa shape index (κ1) is 15.2. The van der Waals surface area contributed by atoms with Crippen molar-refractivity contribution in [3.63, 3.8) is 0 Å². The van der Waals surface area contributed by atoms with E-state index in [2.05, 4.69) is 10.0 Å². The fourth-order valence-corrected chi connectivity index (χ4v) is 2.23. The van der Waals surface area contributed by atoms with Crippen molar-refractivity contribution in [1.82, 2.24) is 9.55 Å². The molecule has 21 heavy (non-hydrogen) atoms. The van der Waals surface area contributed by atoms with Crippen LogP contribution >= 0.6 is 0 Å². The van der Waals surface area contributed by atoms with Gasteiger partial charge in [-0.3, -0.25) is 14.3 Å². The highest BCUT2D eigenvalue weighted by Crippen LogP contribution is 2.41. The number of aliphatic hydroxyl groups excluding tert-OH is 2. The number of aromatic amines is 1. The van der Waals surface area contributed by atoms with Crippen LogP contribution in [0.4, 0.5) is 4.39 Å². The van der Waals surface area contributed by atoms with Crippen LogP contribution in [0.15, 0.2) is 20.9 Å². The number of rotatable bonds is 3. The largest absolute Gasteiger partial charge is 0.393 e. The van der Waals surface area contributed by atoms with Crippen molar-refractivity contribution in [2.75, 3.05) is 6.61 Å². The third-order valence-corrected chi connectivity index (χ3v) is 3.37. The molecule has 114 valence electrons. The Morgan fingerprint density at radius 2 is 2.33 bits per heavy atom. The predicted molar refractivity (Wildman–Crippen MR) is 65.5 cm³/mol. The lowest BCUT2D eigenvalue weighted by Gasteiger charge is -2.24. The van der Waals surface area contributed by atoms with Gasteiger partial charge in [0.2, 0.25) is 5.82 Å². The summed E-state index contributed by atoms with van der Waals surface area (Å²) in [4.78, 5) is 26.9. The normalized spacial score (nSPS) is 31.9. The van der Waals surface area contributed by atoms with Crippen molar-refractivity contribution in [3.05, 3.63) is 43.3 Å². The lowest BCUT2D eigenvalue weighted by atomic mass is 9.98. The lowest BCUT2D eigenvalue weighted by molar-refractivity contribution is -0.124. The number of H-pyrrole nitrogens is 1. The Balaban J connectivity index is 2.52. The van der Waals surface area contributed by atoms with Crippen LogP contribution in [0, 0.1) is 11.7 Å². The molecule has 0 aromatic carbocycles. The molecule has 4 atom stereocenters. The van der Waals surface area contributed by atoms with Crippen LogP contribution in [-0.4, -0.2) is 38.2 Å². The second kappa shape index (κ2) is 5.30. The molecule has 0 amide bonds. The Morgan fingerprint density at radius 3 is 2.90 bits per heavy atom. The maximum absolute atomic E-state index is 13.3. The number of nitrogens with zero attached hydrogens (tertiary/aromatic N) is 4. The highest BCUT2D eigenvalue weighted by molar-refractivity contribution is 4.99. The van der Waals surface area contributed by atoms with E-state index in [9.17, 15) is 24.2 Å². The van der Waals surface area contributed by atoms with E-state index < -0.39 is 47.6 Å². The smallest absolute Gasteiger partial charge is 0.330 e. The van der Waals surface area contributed by atoms with Crippen LogP contribution in [0.1, 0.15) is 13.2 Å². The van der Waals surface area contributed by atoms with E-state index >= 15 is 0 Å². The molecule has 2 rings (SSSR count). The first-order chi connectivity index (χ1) is 9.86. The Bertz CT molecular complexity index is 711. The Labute approximate surface area is 116 Å². The quantitative estimate of drug-likeness (QED) is 0.379. The lowest BCUT2D eigenvalue weighted by Crippen LogP contribution is -2.42. The van der Waals surface area contributed by atoms with Crippen LogP contribution in [0.5, 0.6) is 0 Å². The van der Waals surface area contributed by atoms with E-state index in [0.29, 0.717) is 6.20 Å². The highest BCUT2D eigenvalue weighted by Gasteiger charge is 2.53. The zero-order valence-corrected chi connectivity index (χ0v) is 10.8. The van der Waals surface area contributed by atoms with Crippen molar-refractivity contribution in [3.8, 4) is 0 Å². The molecule has 1 saturated heterocycles. The average Bonchev–Trinajstić information content (AvgIpc) is 2.69. The van der Waals surface area contributed by atoms with Crippen LogP contribution < -0.4 is 11.2 Å². The molecule has 3 N–H and O–H groups in total. The number of hydrogen-bond donors (Lipinski definition) is 3. The molecule has 1 fully saturated rings. The number of aliphatic hydroxyl groups is 2. The second-order valence-corrected chi connectivity index (χ2v) is 4.65. The zero-order chi connectivity index (χ0) is 15.8. The molecule has 1 aromatic rings. The number of hydrogen-bond acceptors (Lipinski definition) is 6. The van der Waals surface area contributed by atoms with Gasteiger partial charge in [0.05, 0.1) is 18.9 Å². The minimum atomic E-state index is -1.98. The standard InChI is InChI=1S/C10H12FN5O5/c1-4-6(18)10(3-17,14-15-12)21-8(4)16-2-5(11)7(19)13-9(16)20/h2,4,6,8,17-18H,3H2,1H3,(H,13,19,20)/t4-,6-,8+,10+/m0/s1. The highest BCUT2D eigenvalue weighted by atomic mass is 19.1. The maximum Gasteiger partial charge on any atom is 0.330 e. The summed E-state index contributed by atoms with van der Waals surface area (Å²) in [5.41, 5.74) is 4.37. The summed E-state index contributed by atoms with van der Waals surface area (Å²) in [6.45, 7) is 0.620. The van der Waals surface area contributed by atoms with E-state index in [1.54, 1.807) is 4.98 Å². The minimum Gasteiger partial charge on any atom is -0.393 e. The molecular weight excluding hydrogens is 289 g/mol. The van der Waals surface area contributed by atoms with E-state index in [4.69, 9.17) is 10.3 Å². The number of halogens is 1. The summed E-state index contributed by atoms with van der Waals surface area (Å²) >= 11 is 0. The van der Waals surface area contributed by atoms with E-state index in [1.807, 2.05) is 0 Å². The van der Waals surface area contributed by atoms with Gasteiger partial charge in [-0.25, -0.2) is 4.79 Å². The molecule has 0 spiro atoms. The van der Waals surface area contributed by atoms with E-state index in [0.717, 1.165) is 4.57 Å². The minimum absolute atomic E-state index is 0.624. The molecule has 0 saturated carbocycles. The van der Waals surface area contributed by atoms with Crippen LogP contribution in [-0.2, 0) is 4.74 Å². The molecule has 0 aliphatic carbocycles. The van der Waals surface area contributed by atoms with Gasteiger partial charge in [-0.2, -0.15) is 4.39 Å². The number of ether oxygens (including phenoxy) is 1. The predicted octanol–water partition coefficient (Wildman–Crippen LogP) is -0.800. The number of azide groups is 1. The van der Waals surface area contributed by atoms with Gasteiger partial charge in [0.25, 0.3) is 5.56 Å². The van der Waals surface area contributed by atoms with Crippen molar-refractivity contribution >= 4 is 0 Å². The average molecular weight is 301 g/mol. The molecule has 0 radical (unpaired) electrons. The van der Waals surface area contributed by atoms with Gasteiger partial charge in [-0.1, -0.05) is 12.0 Å². The van der Waals surface area contributed by atoms with Gasteiger partial charge < -0.3 is 14.9 Å². The van der Waals surface area contributed by atoms with Gasteiger partial charge >= 0.3 is 5.69 Å². The zero-order valence-electron chi connectivity index (χ0n) is 10.8. The van der Waals surface area contributed by atoms with E-state index in [1.165, 1.54) is 6.92 Å². The Kier molecular flexibility index (Phi) is 3.83. The Morgan fingerprint density at radius 1 is 1.67 bits per heavy atom. The Hall–Kier alpha value is -2.20. The second-order valence-electron chi connectivity index (χ2n) is 4.65. The van der Waals surface area contributed by atoms with Crippen molar-refractivity contribution in [1.29, 1.82) is 0 Å². The third kappa shape index (κ3) is 2.32. The number of nitrogens with one attached hydrogen (secondary N) is 1. The molecular formula is C10H12FN5O5. The molecule has 11 heteroatoms. The van der Waals surface area contributed by atoms with Crippen molar-refractivity contribution < 1.29 is 19.3 Å². The SMILES string of the molecule is C[C@@H]1[C@H](n2cc(F)c(=O)[nH]c2=O)O[C@@](CO)(N=[N+]=[N-])[C@H]1O. The van der Waals surface area contributed by atoms with Gasteiger partial charge in [-0.15, -0.1) is 0 Å². The molecule has 0 unspecified atom stereocenters. The van der Waals surface area contributed by atoms with Crippen LogP contribution in [0.3, 0.4) is 0 Å². The molecule has 0 bridgehead atoms. The van der Waals surface area contributed by atoms with Gasteiger partial charge in [0, 0.05) is 10.8 Å². The molecule has 1 aromatic heterocycles. The van der Waals surface area contributed by atoms with Crippen molar-refractivity contribution in [2.24, 2.45) is 11.0 Å². The summed E-state index contributed by atoms with van der Waals surface area (Å²) in [7, 11) is 0. The summed E-state index contributed by atoms with van der Waals surface area (Å²) in [6, 6.07) is 0. The topological polar surface area (TPSA) is 153 Å². The first-order valence-corrected chi connectivity index (χ1v) is 5.90. The molecule has 2 heterocycles. The van der Waals surface area contributed by atoms with Crippen molar-refractivity contribution in [2.45, 2.75) is 25.0 Å². The summed E-state index contributed by atoms with van der Waals surface area (Å²) < 4.78 is 19.3. The molecule has 1 aliphatic heterocycles. The summed E-state index contributed by atoms with van der Waals surface area (Å²) in [6.07, 6.45) is -2.03. The van der Waals surface area contributed by atoms with Crippen LogP contribution in [0.2, 0.25) is 0 Å². The third-order valence-electron chi connectivity index (χ3n) is 3.37. The fourth-order valence-electron chi connectivity index (χ4n) is 2.23. The molecule has 1 aliphatic rings. The monoisotopic (exact) mass is 301 g/mol. The summed E-state index contributed by atoms with van der Waals surface area (Å²) in [5.74, 6) is -2.03. The maximum atomic E-state index is 13.3. The summed E-state index contributed by atoms with van der Waals surface area (Å²) in [5, 5.41) is 22.6. The van der Waals surface area contributed by atoms with E-state index in [-0.39, 0.29) is 0 Å². The molecule has 10 nitrogen and oxygen atoms in total.